The second-order valence-electron chi connectivity index (χ2n) is 1.28. The number of aromatic carboxylic acids is 1. The maximum Gasteiger partial charge on any atom is 0.347 e. The number of halogens is 1. The van der Waals surface area contributed by atoms with E-state index in [2.05, 4.69) is 20.9 Å². The van der Waals surface area contributed by atoms with Gasteiger partial charge in [0.1, 0.15) is 11.7 Å². The van der Waals surface area contributed by atoms with E-state index in [1.165, 1.54) is 6.20 Å². The van der Waals surface area contributed by atoms with Crippen LogP contribution in [-0.2, 0) is 4.79 Å². The maximum absolute atomic E-state index is 10.2. The minimum Gasteiger partial charge on any atom is -0.477 e. The van der Waals surface area contributed by atoms with Gasteiger partial charge >= 0.3 is 5.97 Å². The molecule has 6 heteroatoms. The number of carbonyl (C=O) groups is 2. The molecule has 0 aromatic carbocycles. The molecular formula is C5H4BrNO3S. The number of nitrogens with zero attached hydrogens (tertiary/aromatic N) is 1. The Morgan fingerprint density at radius 1 is 1.73 bits per heavy atom. The fourth-order valence-electron chi connectivity index (χ4n) is 0.352. The summed E-state index contributed by atoms with van der Waals surface area (Å²) in [4.78, 5) is 22.1. The zero-order chi connectivity index (χ0) is 8.85. The molecule has 60 valence electrons. The molecule has 0 saturated carbocycles. The highest BCUT2D eigenvalue weighted by atomic mass is 79.9. The molecule has 4 nitrogen and oxygen atoms in total. The lowest BCUT2D eigenvalue weighted by Gasteiger charge is -1.77. The van der Waals surface area contributed by atoms with E-state index in [0.29, 0.717) is 3.92 Å². The summed E-state index contributed by atoms with van der Waals surface area (Å²) in [6.45, 7) is 2.00. The summed E-state index contributed by atoms with van der Waals surface area (Å²) in [6.07, 6.45) is 1.32. The van der Waals surface area contributed by atoms with Gasteiger partial charge < -0.3 is 9.90 Å². The highest BCUT2D eigenvalue weighted by molar-refractivity contribution is 9.11. The molecule has 0 aliphatic heterocycles. The fraction of sp³-hybridized carbons (Fsp3) is 0. The Morgan fingerprint density at radius 3 is 2.45 bits per heavy atom. The van der Waals surface area contributed by atoms with Crippen LogP contribution in [0.25, 0.3) is 0 Å². The third kappa shape index (κ3) is 3.24. The molecule has 11 heavy (non-hydrogen) atoms. The van der Waals surface area contributed by atoms with E-state index in [-0.39, 0.29) is 4.88 Å². The number of hydrogen-bond acceptors (Lipinski definition) is 4. The first-order valence-corrected chi connectivity index (χ1v) is 3.94. The zero-order valence-corrected chi connectivity index (χ0v) is 7.68. The minimum atomic E-state index is -0.932. The van der Waals surface area contributed by atoms with E-state index in [1.807, 2.05) is 6.79 Å². The average molecular weight is 238 g/mol. The van der Waals surface area contributed by atoms with Gasteiger partial charge in [-0.15, -0.1) is 11.3 Å². The SMILES string of the molecule is C=O.O=C(O)c1cnc(Br)s1. The molecule has 1 aromatic rings. The van der Waals surface area contributed by atoms with Crippen molar-refractivity contribution in [2.24, 2.45) is 0 Å². The average Bonchev–Trinajstić information content (AvgIpc) is 2.40. The van der Waals surface area contributed by atoms with Crippen LogP contribution >= 0.6 is 27.3 Å². The summed E-state index contributed by atoms with van der Waals surface area (Å²) in [5.74, 6) is -0.932. The summed E-state index contributed by atoms with van der Waals surface area (Å²) in [5, 5.41) is 8.35. The third-order valence-corrected chi connectivity index (χ3v) is 2.15. The molecule has 0 fully saturated rings. The monoisotopic (exact) mass is 237 g/mol. The van der Waals surface area contributed by atoms with Crippen molar-refractivity contribution in [3.05, 3.63) is 15.0 Å². The highest BCUT2D eigenvalue weighted by Crippen LogP contribution is 2.17. The maximum atomic E-state index is 10.2. The molecule has 0 spiro atoms. The van der Waals surface area contributed by atoms with Crippen LogP contribution in [0.5, 0.6) is 0 Å². The quantitative estimate of drug-likeness (QED) is 0.803. The Hall–Kier alpha value is -0.750. The summed E-state index contributed by atoms with van der Waals surface area (Å²) in [5.41, 5.74) is 0. The Bertz CT molecular complexity index is 250. The number of carbonyl (C=O) groups excluding carboxylic acids is 1. The molecule has 0 radical (unpaired) electrons. The summed E-state index contributed by atoms with van der Waals surface area (Å²) in [6, 6.07) is 0. The molecule has 0 aliphatic carbocycles. The second kappa shape index (κ2) is 4.97. The Balaban J connectivity index is 0.000000461. The Labute approximate surface area is 75.0 Å². The van der Waals surface area contributed by atoms with Gasteiger partial charge in [-0.1, -0.05) is 0 Å². The summed E-state index contributed by atoms with van der Waals surface area (Å²) in [7, 11) is 0. The van der Waals surface area contributed by atoms with Crippen LogP contribution in [0.2, 0.25) is 0 Å². The number of aromatic nitrogens is 1. The molecule has 1 rings (SSSR count). The summed E-state index contributed by atoms with van der Waals surface area (Å²) < 4.78 is 0.597. The number of hydrogen-bond donors (Lipinski definition) is 1. The predicted molar refractivity (Wildman–Crippen MR) is 43.9 cm³/mol. The lowest BCUT2D eigenvalue weighted by Crippen LogP contribution is -1.89. The van der Waals surface area contributed by atoms with Crippen LogP contribution in [0, 0.1) is 0 Å². The van der Waals surface area contributed by atoms with E-state index in [0.717, 1.165) is 11.3 Å². The number of carboxylic acids is 1. The molecule has 1 heterocycles. The van der Waals surface area contributed by atoms with Gasteiger partial charge in [-0.25, -0.2) is 9.78 Å². The molecular weight excluding hydrogens is 234 g/mol. The van der Waals surface area contributed by atoms with Crippen LogP contribution in [0.1, 0.15) is 9.67 Å². The highest BCUT2D eigenvalue weighted by Gasteiger charge is 2.05. The van der Waals surface area contributed by atoms with Crippen LogP contribution in [-0.4, -0.2) is 22.8 Å². The van der Waals surface area contributed by atoms with Crippen molar-refractivity contribution < 1.29 is 14.7 Å². The number of thiazole rings is 1. The normalized spacial score (nSPS) is 8.09. The van der Waals surface area contributed by atoms with Gasteiger partial charge in [0.2, 0.25) is 0 Å². The van der Waals surface area contributed by atoms with Gasteiger partial charge in [-0.3, -0.25) is 0 Å². The topological polar surface area (TPSA) is 67.3 Å². The molecule has 0 aliphatic rings. The Kier molecular flexibility index (Phi) is 4.64. The van der Waals surface area contributed by atoms with Crippen LogP contribution in [0.3, 0.4) is 0 Å². The van der Waals surface area contributed by atoms with Crippen LogP contribution < -0.4 is 0 Å². The number of rotatable bonds is 1. The van der Waals surface area contributed by atoms with Crippen molar-refractivity contribution in [3.8, 4) is 0 Å². The largest absolute Gasteiger partial charge is 0.477 e. The zero-order valence-electron chi connectivity index (χ0n) is 5.28. The van der Waals surface area contributed by atoms with Crippen molar-refractivity contribution in [1.29, 1.82) is 0 Å². The number of carboxylic acid groups (broad SMARTS) is 1. The van der Waals surface area contributed by atoms with Crippen LogP contribution in [0.15, 0.2) is 10.1 Å². The predicted octanol–water partition coefficient (Wildman–Crippen LogP) is 1.42. The van der Waals surface area contributed by atoms with Gasteiger partial charge in [0.25, 0.3) is 0 Å². The van der Waals surface area contributed by atoms with E-state index in [1.54, 1.807) is 0 Å². The van der Waals surface area contributed by atoms with Crippen molar-refractivity contribution in [1.82, 2.24) is 4.98 Å². The second-order valence-corrected chi connectivity index (χ2v) is 3.59. The lowest BCUT2D eigenvalue weighted by atomic mass is 10.6. The third-order valence-electron chi connectivity index (χ3n) is 0.688. The van der Waals surface area contributed by atoms with Crippen molar-refractivity contribution in [2.45, 2.75) is 0 Å². The molecule has 1 aromatic heterocycles. The first-order valence-electron chi connectivity index (χ1n) is 2.33. The molecule has 0 amide bonds. The molecule has 1 N–H and O–H groups in total. The minimum absolute atomic E-state index is 0.252. The van der Waals surface area contributed by atoms with Gasteiger partial charge in [0, 0.05) is 0 Å². The lowest BCUT2D eigenvalue weighted by molar-refractivity contribution is -0.0980. The fourth-order valence-corrected chi connectivity index (χ4v) is 1.46. The molecule has 0 bridgehead atoms. The first kappa shape index (κ1) is 10.2. The van der Waals surface area contributed by atoms with E-state index < -0.39 is 5.97 Å². The van der Waals surface area contributed by atoms with Crippen LogP contribution in [0.4, 0.5) is 0 Å². The molecule has 0 unspecified atom stereocenters. The van der Waals surface area contributed by atoms with Gasteiger partial charge in [0.05, 0.1) is 6.20 Å². The standard InChI is InChI=1S/C4H2BrNO2S.CH2O/c5-4-6-1-2(9-4)3(7)8;1-2/h1H,(H,7,8);1H2. The molecule has 0 saturated heterocycles. The van der Waals surface area contributed by atoms with Crippen molar-refractivity contribution in [2.75, 3.05) is 0 Å². The van der Waals surface area contributed by atoms with Gasteiger partial charge in [-0.2, -0.15) is 0 Å². The summed E-state index contributed by atoms with van der Waals surface area (Å²) >= 11 is 4.15. The van der Waals surface area contributed by atoms with E-state index in [9.17, 15) is 4.79 Å². The first-order chi connectivity index (χ1) is 5.20. The van der Waals surface area contributed by atoms with Crippen molar-refractivity contribution in [3.63, 3.8) is 0 Å². The Morgan fingerprint density at radius 2 is 2.27 bits per heavy atom. The van der Waals surface area contributed by atoms with E-state index >= 15 is 0 Å². The van der Waals surface area contributed by atoms with Gasteiger partial charge in [-0.05, 0) is 15.9 Å². The van der Waals surface area contributed by atoms with E-state index in [4.69, 9.17) is 9.90 Å². The van der Waals surface area contributed by atoms with Gasteiger partial charge in [0.15, 0.2) is 3.92 Å². The smallest absolute Gasteiger partial charge is 0.347 e. The molecule has 0 atom stereocenters. The van der Waals surface area contributed by atoms with Crippen molar-refractivity contribution >= 4 is 40.0 Å².